The molecule has 1 aromatic rings. The molecule has 1 atom stereocenters. The van der Waals surface area contributed by atoms with Gasteiger partial charge in [0.15, 0.2) is 0 Å². The lowest BCUT2D eigenvalue weighted by Crippen LogP contribution is -2.33. The second-order valence-corrected chi connectivity index (χ2v) is 7.50. The molecule has 1 fully saturated rings. The molecule has 19 heavy (non-hydrogen) atoms. The molecule has 0 amide bonds. The molecule has 1 saturated heterocycles. The smallest absolute Gasteiger partial charge is 0.0412 e. The molecular formula is C15H23BrN2S. The molecule has 1 aromatic carbocycles. The molecule has 2 nitrogen and oxygen atoms in total. The number of anilines is 1. The average Bonchev–Trinajstić information content (AvgIpc) is 2.89. The molecule has 106 valence electrons. The van der Waals surface area contributed by atoms with Crippen LogP contribution in [0, 0.1) is 0 Å². The fraction of sp³-hybridized carbons (Fsp3) is 0.600. The van der Waals surface area contributed by atoms with Crippen molar-refractivity contribution in [1.29, 1.82) is 0 Å². The van der Waals surface area contributed by atoms with Gasteiger partial charge in [-0.1, -0.05) is 29.8 Å². The Morgan fingerprint density at radius 3 is 2.89 bits per heavy atom. The normalized spacial score (nSPS) is 19.1. The lowest BCUT2D eigenvalue weighted by molar-refractivity contribution is 0.586. The van der Waals surface area contributed by atoms with Gasteiger partial charge in [0.25, 0.3) is 0 Å². The van der Waals surface area contributed by atoms with Gasteiger partial charge in [0.05, 0.1) is 0 Å². The number of nitrogens with one attached hydrogen (secondary N) is 1. The fourth-order valence-corrected chi connectivity index (χ4v) is 4.05. The van der Waals surface area contributed by atoms with Crippen molar-refractivity contribution < 1.29 is 0 Å². The van der Waals surface area contributed by atoms with Crippen LogP contribution in [0.2, 0.25) is 0 Å². The summed E-state index contributed by atoms with van der Waals surface area (Å²) >= 11 is 5.65. The third-order valence-corrected chi connectivity index (χ3v) is 5.21. The minimum absolute atomic E-state index is 0.513. The second-order valence-electron chi connectivity index (χ2n) is 5.44. The Balaban J connectivity index is 2.17. The third kappa shape index (κ3) is 4.14. The molecule has 4 heteroatoms. The van der Waals surface area contributed by atoms with E-state index in [1.807, 2.05) is 0 Å². The maximum absolute atomic E-state index is 3.59. The summed E-state index contributed by atoms with van der Waals surface area (Å²) in [6, 6.07) is 7.82. The van der Waals surface area contributed by atoms with Gasteiger partial charge < -0.3 is 10.2 Å². The van der Waals surface area contributed by atoms with Gasteiger partial charge in [-0.25, -0.2) is 0 Å². The van der Waals surface area contributed by atoms with Gasteiger partial charge in [-0.05, 0) is 35.9 Å². The van der Waals surface area contributed by atoms with Crippen LogP contribution in [0.1, 0.15) is 25.8 Å². The summed E-state index contributed by atoms with van der Waals surface area (Å²) < 4.78 is 1.16. The lowest BCUT2D eigenvalue weighted by Gasteiger charge is -2.28. The number of benzene rings is 1. The summed E-state index contributed by atoms with van der Waals surface area (Å²) in [5.41, 5.74) is 2.74. The molecule has 0 radical (unpaired) electrons. The van der Waals surface area contributed by atoms with E-state index in [0.717, 1.165) is 11.0 Å². The van der Waals surface area contributed by atoms with E-state index in [1.165, 1.54) is 29.2 Å². The molecule has 0 aliphatic carbocycles. The maximum Gasteiger partial charge on any atom is 0.0412 e. The predicted molar refractivity (Wildman–Crippen MR) is 90.3 cm³/mol. The summed E-state index contributed by atoms with van der Waals surface area (Å²) in [6.45, 7) is 5.31. The number of halogens is 1. The van der Waals surface area contributed by atoms with Crippen LogP contribution < -0.4 is 10.2 Å². The third-order valence-electron chi connectivity index (χ3n) is 3.58. The highest BCUT2D eigenvalue weighted by Crippen LogP contribution is 2.30. The summed E-state index contributed by atoms with van der Waals surface area (Å²) in [4.78, 5) is 2.46. The Kier molecular flexibility index (Phi) is 5.60. The highest BCUT2D eigenvalue weighted by molar-refractivity contribution is 9.10. The Bertz CT molecular complexity index is 417. The van der Waals surface area contributed by atoms with Crippen LogP contribution >= 0.6 is 27.7 Å². The summed E-state index contributed by atoms with van der Waals surface area (Å²) in [5.74, 6) is 2.55. The van der Waals surface area contributed by atoms with E-state index in [0.29, 0.717) is 12.1 Å². The highest BCUT2D eigenvalue weighted by Gasteiger charge is 2.21. The van der Waals surface area contributed by atoms with E-state index in [9.17, 15) is 0 Å². The average molecular weight is 343 g/mol. The lowest BCUT2D eigenvalue weighted by atomic mass is 10.1. The largest absolute Gasteiger partial charge is 0.370 e. The minimum atomic E-state index is 0.513. The first-order chi connectivity index (χ1) is 9.08. The number of thioether (sulfide) groups is 1. The topological polar surface area (TPSA) is 15.3 Å². The van der Waals surface area contributed by atoms with Crippen molar-refractivity contribution in [2.75, 3.05) is 23.5 Å². The Hall–Kier alpha value is -0.190. The van der Waals surface area contributed by atoms with Crippen LogP contribution in [0.5, 0.6) is 0 Å². The van der Waals surface area contributed by atoms with E-state index in [1.54, 1.807) is 0 Å². The highest BCUT2D eigenvalue weighted by atomic mass is 79.9. The van der Waals surface area contributed by atoms with Crippen LogP contribution in [0.3, 0.4) is 0 Å². The maximum atomic E-state index is 3.59. The number of hydrogen-bond donors (Lipinski definition) is 1. The van der Waals surface area contributed by atoms with Crippen molar-refractivity contribution in [3.63, 3.8) is 0 Å². The molecular weight excluding hydrogens is 320 g/mol. The van der Waals surface area contributed by atoms with Gasteiger partial charge in [-0.2, -0.15) is 11.8 Å². The molecule has 1 heterocycles. The summed E-state index contributed by atoms with van der Waals surface area (Å²) in [7, 11) is 2.23. The van der Waals surface area contributed by atoms with Crippen molar-refractivity contribution in [2.45, 2.75) is 38.9 Å². The van der Waals surface area contributed by atoms with E-state index >= 15 is 0 Å². The van der Waals surface area contributed by atoms with Crippen molar-refractivity contribution in [3.05, 3.63) is 28.2 Å². The summed E-state index contributed by atoms with van der Waals surface area (Å²) in [5, 5.41) is 3.52. The SMILES string of the molecule is CC(C)NCc1cc(Br)ccc1N(C)C1CCSC1. The van der Waals surface area contributed by atoms with E-state index in [4.69, 9.17) is 0 Å². The molecule has 0 saturated carbocycles. The number of nitrogens with zero attached hydrogens (tertiary/aromatic N) is 1. The van der Waals surface area contributed by atoms with Crippen LogP contribution in [0.4, 0.5) is 5.69 Å². The van der Waals surface area contributed by atoms with Gasteiger partial charge in [0, 0.05) is 41.6 Å². The number of hydrogen-bond acceptors (Lipinski definition) is 3. The first-order valence-electron chi connectivity index (χ1n) is 6.90. The minimum Gasteiger partial charge on any atom is -0.370 e. The first kappa shape index (κ1) is 15.2. The van der Waals surface area contributed by atoms with Crippen LogP contribution in [-0.4, -0.2) is 30.6 Å². The molecule has 0 spiro atoms. The predicted octanol–water partition coefficient (Wildman–Crippen LogP) is 3.89. The quantitative estimate of drug-likeness (QED) is 0.873. The molecule has 1 aliphatic heterocycles. The van der Waals surface area contributed by atoms with E-state index in [-0.39, 0.29) is 0 Å². The Labute approximate surface area is 129 Å². The van der Waals surface area contributed by atoms with Crippen molar-refractivity contribution in [1.82, 2.24) is 5.32 Å². The Morgan fingerprint density at radius 1 is 1.47 bits per heavy atom. The van der Waals surface area contributed by atoms with E-state index in [2.05, 4.69) is 77.0 Å². The van der Waals surface area contributed by atoms with Gasteiger partial charge in [0.2, 0.25) is 0 Å². The zero-order valence-electron chi connectivity index (χ0n) is 11.9. The van der Waals surface area contributed by atoms with Crippen molar-refractivity contribution in [3.8, 4) is 0 Å². The monoisotopic (exact) mass is 342 g/mol. The first-order valence-corrected chi connectivity index (χ1v) is 8.85. The fourth-order valence-electron chi connectivity index (χ4n) is 2.38. The standard InChI is InChI=1S/C15H23BrN2S/c1-11(2)17-9-12-8-13(16)4-5-15(12)18(3)14-6-7-19-10-14/h4-5,8,11,14,17H,6-7,9-10H2,1-3H3. The zero-order valence-corrected chi connectivity index (χ0v) is 14.4. The van der Waals surface area contributed by atoms with Crippen LogP contribution in [0.15, 0.2) is 22.7 Å². The number of rotatable bonds is 5. The van der Waals surface area contributed by atoms with Gasteiger partial charge in [-0.3, -0.25) is 0 Å². The molecule has 0 aromatic heterocycles. The van der Waals surface area contributed by atoms with Gasteiger partial charge in [-0.15, -0.1) is 0 Å². The van der Waals surface area contributed by atoms with Gasteiger partial charge in [0.1, 0.15) is 0 Å². The second kappa shape index (κ2) is 7.00. The van der Waals surface area contributed by atoms with Gasteiger partial charge >= 0.3 is 0 Å². The Morgan fingerprint density at radius 2 is 2.26 bits per heavy atom. The molecule has 0 bridgehead atoms. The van der Waals surface area contributed by atoms with Crippen LogP contribution in [-0.2, 0) is 6.54 Å². The van der Waals surface area contributed by atoms with Crippen molar-refractivity contribution in [2.24, 2.45) is 0 Å². The molecule has 1 N–H and O–H groups in total. The molecule has 1 aliphatic rings. The molecule has 2 rings (SSSR count). The van der Waals surface area contributed by atoms with Crippen molar-refractivity contribution >= 4 is 33.4 Å². The molecule has 1 unspecified atom stereocenters. The van der Waals surface area contributed by atoms with Crippen LogP contribution in [0.25, 0.3) is 0 Å². The van der Waals surface area contributed by atoms with E-state index < -0.39 is 0 Å². The summed E-state index contributed by atoms with van der Waals surface area (Å²) in [6.07, 6.45) is 1.30. The zero-order chi connectivity index (χ0) is 13.8.